The van der Waals surface area contributed by atoms with Crippen molar-refractivity contribution in [3.8, 4) is 17.3 Å². The maximum Gasteiger partial charge on any atom is 0.254 e. The van der Waals surface area contributed by atoms with Crippen LogP contribution in [0.3, 0.4) is 0 Å². The predicted octanol–water partition coefficient (Wildman–Crippen LogP) is 3.09. The van der Waals surface area contributed by atoms with Crippen molar-refractivity contribution in [3.05, 3.63) is 47.5 Å². The lowest BCUT2D eigenvalue weighted by molar-refractivity contribution is -0.138. The van der Waals surface area contributed by atoms with Gasteiger partial charge in [0.1, 0.15) is 17.9 Å². The first-order valence-corrected chi connectivity index (χ1v) is 15.5. The van der Waals surface area contributed by atoms with Crippen LogP contribution in [0.15, 0.2) is 36.4 Å². The molecule has 8 rings (SSSR count). The van der Waals surface area contributed by atoms with Crippen LogP contribution >= 0.6 is 0 Å². The van der Waals surface area contributed by atoms with E-state index in [1.54, 1.807) is 12.0 Å². The maximum absolute atomic E-state index is 13.7. The van der Waals surface area contributed by atoms with E-state index in [4.69, 9.17) is 15.5 Å². The Morgan fingerprint density at radius 1 is 1.07 bits per heavy atom. The SMILES string of the molecule is COc1cc(C(=O)N2C[C@H]3CC[C@@H]2[C@@H]3N)cc2nc(-c3cc4cccc(C5CN(C(=O)CO)C5)c4n3CC3CC3)n(C)c12. The van der Waals surface area contributed by atoms with Gasteiger partial charge in [0, 0.05) is 62.2 Å². The first kappa shape index (κ1) is 26.7. The number of carbonyl (C=O) groups is 2. The Hall–Kier alpha value is -3.89. The van der Waals surface area contributed by atoms with E-state index in [0.29, 0.717) is 36.2 Å². The molecule has 4 aliphatic rings. The molecule has 2 aromatic heterocycles. The number of methoxy groups -OCH3 is 1. The van der Waals surface area contributed by atoms with Crippen LogP contribution in [-0.4, -0.2) is 86.3 Å². The minimum absolute atomic E-state index is 0.00300. The second-order valence-electron chi connectivity index (χ2n) is 13.0. The van der Waals surface area contributed by atoms with Crippen LogP contribution in [0.2, 0.25) is 0 Å². The molecule has 3 atom stereocenters. The van der Waals surface area contributed by atoms with Crippen molar-refractivity contribution in [2.75, 3.05) is 33.4 Å². The fraction of sp³-hybridized carbons (Fsp3) is 0.485. The fourth-order valence-electron chi connectivity index (χ4n) is 7.86. The Balaban J connectivity index is 1.22. The molecule has 0 spiro atoms. The number of piperidine rings is 1. The molecule has 2 amide bonds. The third kappa shape index (κ3) is 4.10. The summed E-state index contributed by atoms with van der Waals surface area (Å²) in [5.74, 6) is 2.48. The number of para-hydroxylation sites is 1. The molecule has 4 fully saturated rings. The molecular weight excluding hydrogens is 544 g/mol. The van der Waals surface area contributed by atoms with E-state index in [0.717, 1.165) is 53.9 Å². The summed E-state index contributed by atoms with van der Waals surface area (Å²) in [6.07, 6.45) is 4.49. The molecule has 10 nitrogen and oxygen atoms in total. The number of aliphatic hydroxyl groups excluding tert-OH is 1. The first-order valence-electron chi connectivity index (χ1n) is 15.5. The molecule has 2 aromatic carbocycles. The van der Waals surface area contributed by atoms with Crippen molar-refractivity contribution in [2.45, 2.75) is 50.2 Å². The lowest BCUT2D eigenvalue weighted by Crippen LogP contribution is -2.49. The van der Waals surface area contributed by atoms with Gasteiger partial charge in [-0.1, -0.05) is 18.2 Å². The largest absolute Gasteiger partial charge is 0.494 e. The summed E-state index contributed by atoms with van der Waals surface area (Å²) in [6.45, 7) is 2.41. The molecule has 0 unspecified atom stereocenters. The molecule has 10 heteroatoms. The fourth-order valence-corrected chi connectivity index (χ4v) is 7.86. The van der Waals surface area contributed by atoms with Gasteiger partial charge in [-0.2, -0.15) is 0 Å². The van der Waals surface area contributed by atoms with E-state index in [-0.39, 0.29) is 29.8 Å². The summed E-state index contributed by atoms with van der Waals surface area (Å²) in [5.41, 5.74) is 12.0. The van der Waals surface area contributed by atoms with Crippen molar-refractivity contribution in [1.82, 2.24) is 23.9 Å². The topological polar surface area (TPSA) is 119 Å². The van der Waals surface area contributed by atoms with Gasteiger partial charge in [-0.05, 0) is 61.3 Å². The van der Waals surface area contributed by atoms with Gasteiger partial charge in [-0.3, -0.25) is 9.59 Å². The summed E-state index contributed by atoms with van der Waals surface area (Å²) in [7, 11) is 3.65. The highest BCUT2D eigenvalue weighted by atomic mass is 16.5. The number of fused-ring (bicyclic) bond motifs is 4. The standard InChI is InChI=1S/C33H38N6O4/c1-36-31-24(10-21(12-27(31)43-2)33(42)39-16-20-8-9-25(39)29(20)34)35-32(36)26-11-19-4-3-5-23(22-14-37(15-22)28(41)17-40)30(19)38(26)13-18-6-7-18/h3-5,10-12,18,20,22,25,29,40H,6-9,13-17,34H2,1-2H3/t20-,25-,29-/m1/s1. The first-order chi connectivity index (χ1) is 20.9. The Bertz CT molecular complexity index is 1780. The molecule has 3 N–H and O–H groups in total. The molecule has 43 heavy (non-hydrogen) atoms. The number of rotatable bonds is 7. The van der Waals surface area contributed by atoms with Crippen molar-refractivity contribution < 1.29 is 19.4 Å². The summed E-state index contributed by atoms with van der Waals surface area (Å²) < 4.78 is 10.4. The molecule has 0 radical (unpaired) electrons. The molecule has 2 bridgehead atoms. The summed E-state index contributed by atoms with van der Waals surface area (Å²) in [6, 6.07) is 12.6. The monoisotopic (exact) mass is 582 g/mol. The van der Waals surface area contributed by atoms with Crippen molar-refractivity contribution in [3.63, 3.8) is 0 Å². The number of hydrogen-bond acceptors (Lipinski definition) is 6. The Labute approximate surface area is 250 Å². The lowest BCUT2D eigenvalue weighted by atomic mass is 9.90. The number of likely N-dealkylation sites (tertiary alicyclic amines) is 2. The maximum atomic E-state index is 13.7. The van der Waals surface area contributed by atoms with Gasteiger partial charge in [-0.25, -0.2) is 4.98 Å². The normalized spacial score (nSPS) is 23.5. The summed E-state index contributed by atoms with van der Waals surface area (Å²) >= 11 is 0. The van der Waals surface area contributed by atoms with E-state index in [2.05, 4.69) is 33.4 Å². The number of benzene rings is 2. The van der Waals surface area contributed by atoms with Gasteiger partial charge in [-0.15, -0.1) is 0 Å². The number of amides is 2. The van der Waals surface area contributed by atoms with Gasteiger partial charge < -0.3 is 34.5 Å². The highest BCUT2D eigenvalue weighted by Gasteiger charge is 2.47. The number of aryl methyl sites for hydroxylation is 1. The van der Waals surface area contributed by atoms with Crippen LogP contribution in [0.25, 0.3) is 33.5 Å². The quantitative estimate of drug-likeness (QED) is 0.346. The average molecular weight is 583 g/mol. The number of hydrogen-bond donors (Lipinski definition) is 2. The third-order valence-corrected chi connectivity index (χ3v) is 10.4. The molecule has 224 valence electrons. The Kier molecular flexibility index (Phi) is 6.10. The minimum atomic E-state index is -0.449. The zero-order valence-corrected chi connectivity index (χ0v) is 24.7. The molecule has 4 aromatic rings. The van der Waals surface area contributed by atoms with E-state index in [1.165, 1.54) is 23.9 Å². The zero-order chi connectivity index (χ0) is 29.6. The van der Waals surface area contributed by atoms with E-state index >= 15 is 0 Å². The third-order valence-electron chi connectivity index (χ3n) is 10.4. The molecule has 2 saturated heterocycles. The minimum Gasteiger partial charge on any atom is -0.494 e. The van der Waals surface area contributed by atoms with Gasteiger partial charge in [0.2, 0.25) is 5.91 Å². The number of aliphatic hydroxyl groups is 1. The van der Waals surface area contributed by atoms with Gasteiger partial charge in [0.15, 0.2) is 5.82 Å². The van der Waals surface area contributed by atoms with Gasteiger partial charge in [0.25, 0.3) is 5.91 Å². The predicted molar refractivity (Wildman–Crippen MR) is 163 cm³/mol. The Morgan fingerprint density at radius 2 is 1.88 bits per heavy atom. The average Bonchev–Trinajstić information content (AvgIpc) is 3.38. The lowest BCUT2D eigenvalue weighted by Gasteiger charge is -2.39. The number of nitrogens with zero attached hydrogens (tertiary/aromatic N) is 5. The number of aromatic nitrogens is 3. The van der Waals surface area contributed by atoms with Crippen LogP contribution in [0.5, 0.6) is 5.75 Å². The highest BCUT2D eigenvalue weighted by Crippen LogP contribution is 2.42. The van der Waals surface area contributed by atoms with Crippen LogP contribution < -0.4 is 10.5 Å². The number of nitrogens with two attached hydrogens (primary N) is 1. The smallest absolute Gasteiger partial charge is 0.254 e. The Morgan fingerprint density at radius 3 is 2.56 bits per heavy atom. The number of ether oxygens (including phenoxy) is 1. The molecule has 4 heterocycles. The number of imidazole rings is 1. The van der Waals surface area contributed by atoms with Gasteiger partial charge >= 0.3 is 0 Å². The van der Waals surface area contributed by atoms with Crippen molar-refractivity contribution in [2.24, 2.45) is 24.6 Å². The van der Waals surface area contributed by atoms with Gasteiger partial charge in [0.05, 0.1) is 23.8 Å². The zero-order valence-electron chi connectivity index (χ0n) is 24.7. The summed E-state index contributed by atoms with van der Waals surface area (Å²) in [4.78, 5) is 34.6. The molecule has 2 aliphatic carbocycles. The van der Waals surface area contributed by atoms with E-state index in [9.17, 15) is 14.7 Å². The summed E-state index contributed by atoms with van der Waals surface area (Å²) in [5, 5.41) is 10.4. The van der Waals surface area contributed by atoms with E-state index < -0.39 is 6.61 Å². The second kappa shape index (κ2) is 9.82. The van der Waals surface area contributed by atoms with Crippen LogP contribution in [0.4, 0.5) is 0 Å². The highest BCUT2D eigenvalue weighted by molar-refractivity contribution is 6.00. The van der Waals surface area contributed by atoms with Crippen LogP contribution in [0, 0.1) is 11.8 Å². The van der Waals surface area contributed by atoms with E-state index in [1.807, 2.05) is 24.1 Å². The number of carbonyl (C=O) groups excluding carboxylic acids is 2. The molecular formula is C33H38N6O4. The van der Waals surface area contributed by atoms with Crippen molar-refractivity contribution >= 4 is 33.8 Å². The molecule has 2 aliphatic heterocycles. The van der Waals surface area contributed by atoms with Crippen LogP contribution in [-0.2, 0) is 18.4 Å². The second-order valence-corrected chi connectivity index (χ2v) is 13.0. The van der Waals surface area contributed by atoms with Crippen LogP contribution in [0.1, 0.15) is 47.5 Å². The van der Waals surface area contributed by atoms with Crippen molar-refractivity contribution in [1.29, 1.82) is 0 Å². The molecule has 2 saturated carbocycles.